The Morgan fingerprint density at radius 2 is 2.19 bits per heavy atom. The van der Waals surface area contributed by atoms with Crippen LogP contribution in [-0.2, 0) is 16.4 Å². The molecule has 9 heteroatoms. The Kier molecular flexibility index (Phi) is 4.34. The lowest BCUT2D eigenvalue weighted by atomic mass is 10.1. The van der Waals surface area contributed by atoms with E-state index < -0.39 is 16.0 Å². The summed E-state index contributed by atoms with van der Waals surface area (Å²) in [6.07, 6.45) is 1.43. The first kappa shape index (κ1) is 15.1. The highest BCUT2D eigenvalue weighted by Crippen LogP contribution is 2.18. The highest BCUT2D eigenvalue weighted by molar-refractivity contribution is 7.89. The van der Waals surface area contributed by atoms with Gasteiger partial charge in [-0.1, -0.05) is 11.2 Å². The highest BCUT2D eigenvalue weighted by Gasteiger charge is 2.20. The van der Waals surface area contributed by atoms with Gasteiger partial charge in [-0.05, 0) is 24.6 Å². The molecule has 0 unspecified atom stereocenters. The average Bonchev–Trinajstić information content (AvgIpc) is 2.91. The Balaban J connectivity index is 2.16. The number of rotatable bonds is 6. The zero-order valence-electron chi connectivity index (χ0n) is 11.1. The maximum atomic E-state index is 12.2. The third kappa shape index (κ3) is 3.44. The third-order valence-corrected chi connectivity index (χ3v) is 4.46. The fourth-order valence-corrected chi connectivity index (χ4v) is 3.11. The fraction of sp³-hybridized carbons (Fsp3) is 0.250. The van der Waals surface area contributed by atoms with E-state index >= 15 is 0 Å². The van der Waals surface area contributed by atoms with Crippen LogP contribution in [0, 0.1) is 6.92 Å². The Morgan fingerprint density at radius 1 is 1.43 bits per heavy atom. The van der Waals surface area contributed by atoms with Crippen molar-refractivity contribution < 1.29 is 22.8 Å². The molecule has 0 aliphatic heterocycles. The van der Waals surface area contributed by atoms with Crippen LogP contribution in [0.2, 0.25) is 0 Å². The number of carbonyl (C=O) groups is 1. The topological polar surface area (TPSA) is 122 Å². The summed E-state index contributed by atoms with van der Waals surface area (Å²) in [7, 11) is -3.80. The van der Waals surface area contributed by atoms with Crippen molar-refractivity contribution in [2.45, 2.75) is 18.2 Å². The van der Waals surface area contributed by atoms with E-state index in [-0.39, 0.29) is 29.0 Å². The second kappa shape index (κ2) is 6.02. The van der Waals surface area contributed by atoms with Crippen molar-refractivity contribution >= 4 is 16.0 Å². The van der Waals surface area contributed by atoms with Gasteiger partial charge in [0.1, 0.15) is 0 Å². The molecular weight excluding hydrogens is 298 g/mol. The van der Waals surface area contributed by atoms with Crippen LogP contribution in [0.25, 0.3) is 0 Å². The van der Waals surface area contributed by atoms with E-state index in [1.54, 1.807) is 0 Å². The molecule has 0 atom stereocenters. The first-order valence-electron chi connectivity index (χ1n) is 5.99. The van der Waals surface area contributed by atoms with Gasteiger partial charge in [-0.2, -0.15) is 4.98 Å². The summed E-state index contributed by atoms with van der Waals surface area (Å²) in [6.45, 7) is 1.54. The van der Waals surface area contributed by atoms with Crippen LogP contribution in [0.15, 0.2) is 34.0 Å². The molecule has 0 bridgehead atoms. The van der Waals surface area contributed by atoms with E-state index in [0.29, 0.717) is 5.82 Å². The summed E-state index contributed by atoms with van der Waals surface area (Å²) in [6, 6.07) is 4.11. The lowest BCUT2D eigenvalue weighted by Gasteiger charge is -2.10. The lowest BCUT2D eigenvalue weighted by Crippen LogP contribution is -2.27. The average molecular weight is 311 g/mol. The molecule has 0 aliphatic carbocycles. The van der Waals surface area contributed by atoms with Gasteiger partial charge >= 0.3 is 5.97 Å². The number of aromatic nitrogens is 2. The highest BCUT2D eigenvalue weighted by atomic mass is 32.2. The van der Waals surface area contributed by atoms with Crippen molar-refractivity contribution in [3.8, 4) is 0 Å². The molecule has 0 spiro atoms. The Morgan fingerprint density at radius 3 is 2.81 bits per heavy atom. The molecule has 2 N–H and O–H groups in total. The third-order valence-electron chi connectivity index (χ3n) is 2.85. The van der Waals surface area contributed by atoms with Gasteiger partial charge in [-0.3, -0.25) is 0 Å². The van der Waals surface area contributed by atoms with Gasteiger partial charge in [0.25, 0.3) is 0 Å². The molecule has 21 heavy (non-hydrogen) atoms. The van der Waals surface area contributed by atoms with Crippen LogP contribution in [0.5, 0.6) is 0 Å². The lowest BCUT2D eigenvalue weighted by molar-refractivity contribution is 0.0696. The predicted molar refractivity (Wildman–Crippen MR) is 71.3 cm³/mol. The first-order valence-corrected chi connectivity index (χ1v) is 7.48. The van der Waals surface area contributed by atoms with Gasteiger partial charge in [0, 0.05) is 13.0 Å². The zero-order valence-corrected chi connectivity index (χ0v) is 11.9. The summed E-state index contributed by atoms with van der Waals surface area (Å²) >= 11 is 0. The summed E-state index contributed by atoms with van der Waals surface area (Å²) < 4.78 is 31.3. The molecule has 1 heterocycles. The van der Waals surface area contributed by atoms with E-state index in [0.717, 1.165) is 6.39 Å². The van der Waals surface area contributed by atoms with E-state index in [4.69, 9.17) is 5.11 Å². The van der Waals surface area contributed by atoms with Gasteiger partial charge in [-0.15, -0.1) is 0 Å². The molecule has 1 aromatic heterocycles. The SMILES string of the molecule is Cc1c(C(=O)O)cccc1S(=O)(=O)NCCc1ncon1. The molecule has 0 aliphatic rings. The number of nitrogens with one attached hydrogen (secondary N) is 1. The second-order valence-corrected chi connectivity index (χ2v) is 5.96. The molecule has 0 fully saturated rings. The maximum absolute atomic E-state index is 12.2. The molecular formula is C12H13N3O5S. The Labute approximate surface area is 120 Å². The standard InChI is InChI=1S/C12H13N3O5S/c1-8-9(12(16)17)3-2-4-10(8)21(18,19)14-6-5-11-13-7-20-15-11/h2-4,7,14H,5-6H2,1H3,(H,16,17). The number of sulfonamides is 1. The van der Waals surface area contributed by atoms with E-state index in [1.165, 1.54) is 25.1 Å². The van der Waals surface area contributed by atoms with Crippen molar-refractivity contribution in [2.24, 2.45) is 0 Å². The maximum Gasteiger partial charge on any atom is 0.335 e. The number of aromatic carboxylic acids is 1. The summed E-state index contributed by atoms with van der Waals surface area (Å²) in [5.74, 6) is -0.787. The van der Waals surface area contributed by atoms with Gasteiger partial charge < -0.3 is 9.63 Å². The van der Waals surface area contributed by atoms with Crippen LogP contribution >= 0.6 is 0 Å². The second-order valence-electron chi connectivity index (χ2n) is 4.23. The largest absolute Gasteiger partial charge is 0.478 e. The number of nitrogens with zero attached hydrogens (tertiary/aromatic N) is 2. The van der Waals surface area contributed by atoms with Crippen LogP contribution in [-0.4, -0.2) is 36.2 Å². The monoisotopic (exact) mass is 311 g/mol. The minimum Gasteiger partial charge on any atom is -0.478 e. The van der Waals surface area contributed by atoms with Crippen molar-refractivity contribution in [3.63, 3.8) is 0 Å². The van der Waals surface area contributed by atoms with Crippen LogP contribution in [0.4, 0.5) is 0 Å². The number of hydrogen-bond donors (Lipinski definition) is 2. The van der Waals surface area contributed by atoms with Crippen molar-refractivity contribution in [2.75, 3.05) is 6.54 Å². The molecule has 2 aromatic rings. The van der Waals surface area contributed by atoms with Crippen LogP contribution in [0.3, 0.4) is 0 Å². The van der Waals surface area contributed by atoms with Gasteiger partial charge in [0.2, 0.25) is 16.4 Å². The molecule has 0 saturated heterocycles. The zero-order chi connectivity index (χ0) is 15.5. The van der Waals surface area contributed by atoms with Crippen molar-refractivity contribution in [1.29, 1.82) is 0 Å². The van der Waals surface area contributed by atoms with Crippen LogP contribution < -0.4 is 4.72 Å². The van der Waals surface area contributed by atoms with Gasteiger partial charge in [-0.25, -0.2) is 17.9 Å². The molecule has 1 aromatic carbocycles. The summed E-state index contributed by atoms with van der Waals surface area (Å²) in [4.78, 5) is 14.7. The van der Waals surface area contributed by atoms with Gasteiger partial charge in [0.05, 0.1) is 10.5 Å². The molecule has 8 nitrogen and oxygen atoms in total. The van der Waals surface area contributed by atoms with E-state index in [9.17, 15) is 13.2 Å². The molecule has 112 valence electrons. The summed E-state index contributed by atoms with van der Waals surface area (Å²) in [5, 5.41) is 12.6. The molecule has 0 amide bonds. The summed E-state index contributed by atoms with van der Waals surface area (Å²) in [5.41, 5.74) is 0.146. The Bertz CT molecular complexity index is 740. The predicted octanol–water partition coefficient (Wildman–Crippen LogP) is 0.597. The number of benzene rings is 1. The van der Waals surface area contributed by atoms with Crippen molar-refractivity contribution in [3.05, 3.63) is 41.5 Å². The minimum atomic E-state index is -3.80. The molecule has 0 saturated carbocycles. The fourth-order valence-electron chi connectivity index (χ4n) is 1.81. The first-order chi connectivity index (χ1) is 9.92. The van der Waals surface area contributed by atoms with Gasteiger partial charge in [0.15, 0.2) is 5.82 Å². The van der Waals surface area contributed by atoms with E-state index in [1.807, 2.05) is 0 Å². The normalized spacial score (nSPS) is 11.5. The molecule has 2 rings (SSSR count). The van der Waals surface area contributed by atoms with Crippen molar-refractivity contribution in [1.82, 2.24) is 14.9 Å². The minimum absolute atomic E-state index is 0.0453. The van der Waals surface area contributed by atoms with Crippen LogP contribution in [0.1, 0.15) is 21.7 Å². The number of hydrogen-bond acceptors (Lipinski definition) is 6. The smallest absolute Gasteiger partial charge is 0.335 e. The van der Waals surface area contributed by atoms with E-state index in [2.05, 4.69) is 19.4 Å². The molecule has 0 radical (unpaired) electrons. The number of carboxylic acids is 1. The number of carboxylic acid groups (broad SMARTS) is 1. The Hall–Kier alpha value is -2.26. The quantitative estimate of drug-likeness (QED) is 0.800.